The summed E-state index contributed by atoms with van der Waals surface area (Å²) in [6.45, 7) is 1.15. The highest BCUT2D eigenvalue weighted by atomic mass is 79.9. The molecule has 0 aliphatic carbocycles. The lowest BCUT2D eigenvalue weighted by molar-refractivity contribution is -0.139. The Hall–Kier alpha value is -2.67. The molecule has 0 fully saturated rings. The van der Waals surface area contributed by atoms with Crippen LogP contribution in [-0.2, 0) is 11.2 Å². The van der Waals surface area contributed by atoms with Crippen LogP contribution in [-0.4, -0.2) is 22.7 Å². The van der Waals surface area contributed by atoms with Crippen LogP contribution in [0.2, 0.25) is 0 Å². The van der Waals surface area contributed by atoms with Crippen LogP contribution in [0, 0.1) is 12.7 Å². The topological polar surface area (TPSA) is 79.4 Å². The number of aromatic amines is 1. The van der Waals surface area contributed by atoms with Gasteiger partial charge in [0.2, 0.25) is 0 Å². The maximum absolute atomic E-state index is 14.2. The number of benzene rings is 2. The van der Waals surface area contributed by atoms with Gasteiger partial charge in [0.25, 0.3) is 5.56 Å². The molecule has 3 aromatic rings. The number of rotatable bonds is 5. The molecule has 0 saturated heterocycles. The number of halogens is 2. The minimum Gasteiger partial charge on any atom is -0.481 e. The number of carbonyl (C=O) groups is 1. The fourth-order valence-electron chi connectivity index (χ4n) is 2.84. The van der Waals surface area contributed by atoms with Crippen molar-refractivity contribution < 1.29 is 19.0 Å². The number of aryl methyl sites for hydroxylation is 1. The summed E-state index contributed by atoms with van der Waals surface area (Å²) in [5, 5.41) is 9.20. The number of ether oxygens (including phenoxy) is 1. The Labute approximate surface area is 156 Å². The highest BCUT2D eigenvalue weighted by molar-refractivity contribution is 9.10. The predicted molar refractivity (Wildman–Crippen MR) is 99.3 cm³/mol. The van der Waals surface area contributed by atoms with Gasteiger partial charge in [0.1, 0.15) is 11.6 Å². The summed E-state index contributed by atoms with van der Waals surface area (Å²) in [5.74, 6) is -1.52. The molecule has 0 aliphatic heterocycles. The summed E-state index contributed by atoms with van der Waals surface area (Å²) in [5.41, 5.74) is 1.59. The molecule has 0 bridgehead atoms. The Morgan fingerprint density at radius 1 is 1.23 bits per heavy atom. The van der Waals surface area contributed by atoms with E-state index in [1.54, 1.807) is 6.92 Å². The van der Waals surface area contributed by atoms with Gasteiger partial charge in [-0.1, -0.05) is 28.1 Å². The van der Waals surface area contributed by atoms with Crippen LogP contribution >= 0.6 is 15.9 Å². The van der Waals surface area contributed by atoms with Gasteiger partial charge in [0.05, 0.1) is 5.52 Å². The molecule has 2 N–H and O–H groups in total. The van der Waals surface area contributed by atoms with Crippen LogP contribution < -0.4 is 10.3 Å². The number of hydrogen-bond donors (Lipinski definition) is 2. The number of aliphatic carboxylic acids is 1. The van der Waals surface area contributed by atoms with Gasteiger partial charge >= 0.3 is 5.97 Å². The highest BCUT2D eigenvalue weighted by Gasteiger charge is 2.17. The first-order valence-corrected chi connectivity index (χ1v) is 8.59. The monoisotopic (exact) mass is 419 g/mol. The van der Waals surface area contributed by atoms with Crippen molar-refractivity contribution >= 4 is 32.8 Å². The Morgan fingerprint density at radius 2 is 1.92 bits per heavy atom. The van der Waals surface area contributed by atoms with E-state index >= 15 is 0 Å². The molecule has 0 atom stereocenters. The smallest absolute Gasteiger partial charge is 0.341 e. The number of pyridine rings is 1. The summed E-state index contributed by atoms with van der Waals surface area (Å²) >= 11 is 3.36. The summed E-state index contributed by atoms with van der Waals surface area (Å²) in [7, 11) is 0. The molecule has 3 rings (SSSR count). The minimum atomic E-state index is -1.14. The van der Waals surface area contributed by atoms with Gasteiger partial charge in [0.15, 0.2) is 6.61 Å². The van der Waals surface area contributed by atoms with E-state index in [1.807, 2.05) is 24.3 Å². The molecule has 0 saturated carbocycles. The molecule has 5 nitrogen and oxygen atoms in total. The van der Waals surface area contributed by atoms with E-state index in [1.165, 1.54) is 6.07 Å². The summed E-state index contributed by atoms with van der Waals surface area (Å²) in [4.78, 5) is 25.8. The molecule has 0 amide bonds. The van der Waals surface area contributed by atoms with Crippen molar-refractivity contribution in [2.75, 3.05) is 6.61 Å². The van der Waals surface area contributed by atoms with Gasteiger partial charge in [-0.15, -0.1) is 0 Å². The van der Waals surface area contributed by atoms with Crippen LogP contribution in [0.1, 0.15) is 16.7 Å². The third-order valence-electron chi connectivity index (χ3n) is 4.10. The van der Waals surface area contributed by atoms with Gasteiger partial charge in [-0.25, -0.2) is 9.18 Å². The van der Waals surface area contributed by atoms with E-state index in [2.05, 4.69) is 20.9 Å². The molecule has 1 aromatic heterocycles. The zero-order valence-corrected chi connectivity index (χ0v) is 15.4. The van der Waals surface area contributed by atoms with Crippen molar-refractivity contribution in [3.05, 3.63) is 73.7 Å². The Bertz CT molecular complexity index is 1040. The van der Waals surface area contributed by atoms with E-state index in [4.69, 9.17) is 9.84 Å². The summed E-state index contributed by atoms with van der Waals surface area (Å²) in [6.07, 6.45) is 0.360. The molecular formula is C19H15BrFNO4. The lowest BCUT2D eigenvalue weighted by Crippen LogP contribution is -2.17. The van der Waals surface area contributed by atoms with Crippen LogP contribution in [0.5, 0.6) is 5.75 Å². The van der Waals surface area contributed by atoms with Crippen molar-refractivity contribution in [3.63, 3.8) is 0 Å². The van der Waals surface area contributed by atoms with Gasteiger partial charge in [-0.2, -0.15) is 0 Å². The highest BCUT2D eigenvalue weighted by Crippen LogP contribution is 2.30. The van der Waals surface area contributed by atoms with E-state index in [0.29, 0.717) is 22.9 Å². The molecule has 0 unspecified atom stereocenters. The van der Waals surface area contributed by atoms with Crippen LogP contribution in [0.15, 0.2) is 45.7 Å². The van der Waals surface area contributed by atoms with Crippen LogP contribution in [0.3, 0.4) is 0 Å². The zero-order valence-electron chi connectivity index (χ0n) is 13.8. The molecule has 26 heavy (non-hydrogen) atoms. The second-order valence-corrected chi connectivity index (χ2v) is 6.75. The second-order valence-electron chi connectivity index (χ2n) is 5.84. The lowest BCUT2D eigenvalue weighted by atomic mass is 9.98. The first kappa shape index (κ1) is 18.1. The SMILES string of the molecule is Cc1c(Cc2ccc(Br)cc2)c(=O)[nH]c2c(F)ccc(OCC(=O)O)c12. The van der Waals surface area contributed by atoms with Gasteiger partial charge in [-0.3, -0.25) is 4.79 Å². The van der Waals surface area contributed by atoms with Gasteiger partial charge in [-0.05, 0) is 42.3 Å². The quantitative estimate of drug-likeness (QED) is 0.659. The molecule has 1 heterocycles. The van der Waals surface area contributed by atoms with E-state index in [-0.39, 0.29) is 16.8 Å². The summed E-state index contributed by atoms with van der Waals surface area (Å²) in [6, 6.07) is 10.0. The minimum absolute atomic E-state index is 0.00921. The number of fused-ring (bicyclic) bond motifs is 1. The number of aromatic nitrogens is 1. The van der Waals surface area contributed by atoms with E-state index < -0.39 is 18.4 Å². The maximum atomic E-state index is 14.2. The van der Waals surface area contributed by atoms with E-state index in [9.17, 15) is 14.0 Å². The number of nitrogens with one attached hydrogen (secondary N) is 1. The first-order chi connectivity index (χ1) is 12.4. The van der Waals surface area contributed by atoms with Crippen molar-refractivity contribution in [1.29, 1.82) is 0 Å². The fourth-order valence-corrected chi connectivity index (χ4v) is 3.11. The molecule has 0 spiro atoms. The summed E-state index contributed by atoms with van der Waals surface area (Å²) < 4.78 is 20.4. The average molecular weight is 420 g/mol. The normalized spacial score (nSPS) is 10.9. The third kappa shape index (κ3) is 3.62. The third-order valence-corrected chi connectivity index (χ3v) is 4.63. The van der Waals surface area contributed by atoms with Gasteiger partial charge in [0, 0.05) is 21.8 Å². The first-order valence-electron chi connectivity index (χ1n) is 7.80. The average Bonchev–Trinajstić information content (AvgIpc) is 2.60. The van der Waals surface area contributed by atoms with Crippen molar-refractivity contribution in [2.45, 2.75) is 13.3 Å². The fraction of sp³-hybridized carbons (Fsp3) is 0.158. The van der Waals surface area contributed by atoms with E-state index in [0.717, 1.165) is 16.1 Å². The molecule has 134 valence electrons. The molecule has 0 radical (unpaired) electrons. The standard InChI is InChI=1S/C19H15BrFNO4/c1-10-13(8-11-2-4-12(20)5-3-11)19(25)22-18-14(21)6-7-15(17(10)18)26-9-16(23)24/h2-7H,8-9H2,1H3,(H,22,25)(H,23,24). The maximum Gasteiger partial charge on any atom is 0.341 e. The number of H-pyrrole nitrogens is 1. The lowest BCUT2D eigenvalue weighted by Gasteiger charge is -2.14. The number of carboxylic acids is 1. The van der Waals surface area contributed by atoms with Crippen molar-refractivity contribution in [2.24, 2.45) is 0 Å². The second kappa shape index (κ2) is 7.29. The van der Waals surface area contributed by atoms with Crippen molar-refractivity contribution in [1.82, 2.24) is 4.98 Å². The molecule has 7 heteroatoms. The van der Waals surface area contributed by atoms with Crippen LogP contribution in [0.25, 0.3) is 10.9 Å². The zero-order chi connectivity index (χ0) is 18.8. The van der Waals surface area contributed by atoms with Crippen LogP contribution in [0.4, 0.5) is 4.39 Å². The Balaban J connectivity index is 2.15. The van der Waals surface area contributed by atoms with Gasteiger partial charge < -0.3 is 14.8 Å². The largest absolute Gasteiger partial charge is 0.481 e. The number of carboxylic acid groups (broad SMARTS) is 1. The van der Waals surface area contributed by atoms with Crippen molar-refractivity contribution in [3.8, 4) is 5.75 Å². The predicted octanol–water partition coefficient (Wildman–Crippen LogP) is 3.79. The molecular weight excluding hydrogens is 405 g/mol. The Morgan fingerprint density at radius 3 is 2.58 bits per heavy atom. The Kier molecular flexibility index (Phi) is 5.08. The molecule has 0 aliphatic rings. The molecule has 2 aromatic carbocycles. The number of hydrogen-bond acceptors (Lipinski definition) is 3.